The number of fused-ring (bicyclic) bond motifs is 1. The van der Waals surface area contributed by atoms with E-state index in [0.717, 1.165) is 15.8 Å². The van der Waals surface area contributed by atoms with Crippen LogP contribution >= 0.6 is 11.3 Å². The van der Waals surface area contributed by atoms with Crippen LogP contribution in [0.5, 0.6) is 0 Å². The molecular formula is C14H15N2O3S-. The van der Waals surface area contributed by atoms with Gasteiger partial charge in [0, 0.05) is 12.4 Å². The standard InChI is InChI=1S/C14H16N2O3S/c1-8-6-10-11(7-9(8)2)20-14(15-10)16-12(17)4-3-5-13(18)19/h6-7H,3-5H2,1-2H3,(H,18,19)(H,15,16,17)/p-1. The number of carbonyl (C=O) groups excluding carboxylic acids is 2. The molecule has 2 aromatic rings. The zero-order valence-corrected chi connectivity index (χ0v) is 12.2. The number of thiazole rings is 1. The van der Waals surface area contributed by atoms with E-state index in [1.807, 2.05) is 26.0 Å². The van der Waals surface area contributed by atoms with Gasteiger partial charge in [-0.2, -0.15) is 0 Å². The summed E-state index contributed by atoms with van der Waals surface area (Å²) in [5, 5.41) is 13.5. The second-order valence-corrected chi connectivity index (χ2v) is 5.73. The minimum absolute atomic E-state index is 0.106. The number of aromatic nitrogens is 1. The molecule has 0 radical (unpaired) electrons. The Bertz CT molecular complexity index is 625. The third kappa shape index (κ3) is 3.54. The maximum atomic E-state index is 11.6. The summed E-state index contributed by atoms with van der Waals surface area (Å²) < 4.78 is 1.03. The average molecular weight is 291 g/mol. The molecule has 0 atom stereocenters. The maximum absolute atomic E-state index is 11.6. The van der Waals surface area contributed by atoms with Gasteiger partial charge in [-0.3, -0.25) is 4.79 Å². The largest absolute Gasteiger partial charge is 0.550 e. The molecule has 1 aromatic carbocycles. The summed E-state index contributed by atoms with van der Waals surface area (Å²) in [6.07, 6.45) is 0.324. The van der Waals surface area contributed by atoms with Crippen molar-refractivity contribution in [3.05, 3.63) is 23.3 Å². The molecule has 0 aliphatic rings. The van der Waals surface area contributed by atoms with E-state index in [4.69, 9.17) is 0 Å². The van der Waals surface area contributed by atoms with E-state index in [-0.39, 0.29) is 25.2 Å². The Kier molecular flexibility index (Phi) is 4.34. The van der Waals surface area contributed by atoms with Crippen molar-refractivity contribution >= 4 is 38.6 Å². The fourth-order valence-electron chi connectivity index (χ4n) is 1.81. The topological polar surface area (TPSA) is 82.1 Å². The van der Waals surface area contributed by atoms with E-state index in [1.54, 1.807) is 0 Å². The van der Waals surface area contributed by atoms with Crippen LogP contribution in [0.4, 0.5) is 5.13 Å². The van der Waals surface area contributed by atoms with Gasteiger partial charge in [-0.15, -0.1) is 0 Å². The predicted molar refractivity (Wildman–Crippen MR) is 76.6 cm³/mol. The molecule has 1 aromatic heterocycles. The molecule has 20 heavy (non-hydrogen) atoms. The van der Waals surface area contributed by atoms with Crippen LogP contribution in [-0.2, 0) is 9.59 Å². The smallest absolute Gasteiger partial charge is 0.226 e. The molecule has 1 heterocycles. The fourth-order valence-corrected chi connectivity index (χ4v) is 2.77. The highest BCUT2D eigenvalue weighted by Crippen LogP contribution is 2.28. The van der Waals surface area contributed by atoms with Gasteiger partial charge in [-0.1, -0.05) is 11.3 Å². The Morgan fingerprint density at radius 3 is 2.65 bits per heavy atom. The highest BCUT2D eigenvalue weighted by molar-refractivity contribution is 7.22. The van der Waals surface area contributed by atoms with Crippen LogP contribution in [0.25, 0.3) is 10.2 Å². The van der Waals surface area contributed by atoms with E-state index in [1.165, 1.54) is 16.9 Å². The van der Waals surface area contributed by atoms with Crippen LogP contribution in [0.1, 0.15) is 30.4 Å². The molecular weight excluding hydrogens is 276 g/mol. The fraction of sp³-hybridized carbons (Fsp3) is 0.357. The number of carboxylic acid groups (broad SMARTS) is 1. The number of anilines is 1. The van der Waals surface area contributed by atoms with Crippen molar-refractivity contribution in [1.29, 1.82) is 0 Å². The maximum Gasteiger partial charge on any atom is 0.226 e. The number of nitrogens with zero attached hydrogens (tertiary/aromatic N) is 1. The average Bonchev–Trinajstić information content (AvgIpc) is 2.70. The third-order valence-corrected chi connectivity index (χ3v) is 3.97. The molecule has 106 valence electrons. The molecule has 0 fully saturated rings. The number of carboxylic acids is 1. The van der Waals surface area contributed by atoms with Crippen LogP contribution in [0.3, 0.4) is 0 Å². The Balaban J connectivity index is 2.03. The van der Waals surface area contributed by atoms with Gasteiger partial charge >= 0.3 is 0 Å². The van der Waals surface area contributed by atoms with E-state index >= 15 is 0 Å². The number of hydrogen-bond donors (Lipinski definition) is 1. The summed E-state index contributed by atoms with van der Waals surface area (Å²) in [4.78, 5) is 26.3. The summed E-state index contributed by atoms with van der Waals surface area (Å²) in [7, 11) is 0. The van der Waals surface area contributed by atoms with Crippen LogP contribution in [-0.4, -0.2) is 16.9 Å². The first-order valence-electron chi connectivity index (χ1n) is 6.33. The Hall–Kier alpha value is -1.95. The summed E-state index contributed by atoms with van der Waals surface area (Å²) in [6, 6.07) is 4.04. The molecule has 1 N–H and O–H groups in total. The van der Waals surface area contributed by atoms with E-state index in [9.17, 15) is 14.7 Å². The Morgan fingerprint density at radius 1 is 1.25 bits per heavy atom. The molecule has 5 nitrogen and oxygen atoms in total. The van der Waals surface area contributed by atoms with Crippen LogP contribution in [0, 0.1) is 13.8 Å². The van der Waals surface area contributed by atoms with Gasteiger partial charge in [0.25, 0.3) is 0 Å². The van der Waals surface area contributed by atoms with E-state index in [0.29, 0.717) is 5.13 Å². The number of nitrogens with one attached hydrogen (secondary N) is 1. The molecule has 2 rings (SSSR count). The molecule has 0 aliphatic carbocycles. The molecule has 0 bridgehead atoms. The van der Waals surface area contributed by atoms with Crippen molar-refractivity contribution in [2.45, 2.75) is 33.1 Å². The first-order valence-corrected chi connectivity index (χ1v) is 7.15. The quantitative estimate of drug-likeness (QED) is 0.910. The van der Waals surface area contributed by atoms with Crippen molar-refractivity contribution in [3.8, 4) is 0 Å². The van der Waals surface area contributed by atoms with Crippen molar-refractivity contribution in [3.63, 3.8) is 0 Å². The number of carbonyl (C=O) groups is 2. The number of hydrogen-bond acceptors (Lipinski definition) is 5. The first kappa shape index (κ1) is 14.5. The van der Waals surface area contributed by atoms with Gasteiger partial charge in [-0.05, 0) is 49.9 Å². The zero-order chi connectivity index (χ0) is 14.7. The molecule has 0 saturated heterocycles. The van der Waals surface area contributed by atoms with Crippen molar-refractivity contribution in [2.24, 2.45) is 0 Å². The van der Waals surface area contributed by atoms with Crippen molar-refractivity contribution in [2.75, 3.05) is 5.32 Å². The first-order chi connectivity index (χ1) is 9.45. The third-order valence-electron chi connectivity index (χ3n) is 3.04. The van der Waals surface area contributed by atoms with Crippen molar-refractivity contribution < 1.29 is 14.7 Å². The monoisotopic (exact) mass is 291 g/mol. The second-order valence-electron chi connectivity index (χ2n) is 4.70. The minimum Gasteiger partial charge on any atom is -0.550 e. The van der Waals surface area contributed by atoms with Gasteiger partial charge < -0.3 is 15.2 Å². The zero-order valence-electron chi connectivity index (χ0n) is 11.4. The van der Waals surface area contributed by atoms with Crippen molar-refractivity contribution in [1.82, 2.24) is 4.98 Å². The van der Waals surface area contributed by atoms with Gasteiger partial charge in [0.1, 0.15) is 0 Å². The lowest BCUT2D eigenvalue weighted by molar-refractivity contribution is -0.305. The van der Waals surface area contributed by atoms with Gasteiger partial charge in [0.15, 0.2) is 5.13 Å². The molecule has 6 heteroatoms. The second kappa shape index (κ2) is 6.00. The summed E-state index contributed by atoms with van der Waals surface area (Å²) in [6.45, 7) is 4.05. The summed E-state index contributed by atoms with van der Waals surface area (Å²) in [5.41, 5.74) is 3.21. The summed E-state index contributed by atoms with van der Waals surface area (Å²) in [5.74, 6) is -1.36. The predicted octanol–water partition coefficient (Wildman–Crippen LogP) is 1.77. The van der Waals surface area contributed by atoms with E-state index in [2.05, 4.69) is 10.3 Å². The van der Waals surface area contributed by atoms with E-state index < -0.39 is 5.97 Å². The highest BCUT2D eigenvalue weighted by atomic mass is 32.1. The number of aryl methyl sites for hydroxylation is 2. The molecule has 0 spiro atoms. The Labute approximate surface area is 120 Å². The van der Waals surface area contributed by atoms with Crippen LogP contribution in [0.15, 0.2) is 12.1 Å². The highest BCUT2D eigenvalue weighted by Gasteiger charge is 2.08. The SMILES string of the molecule is Cc1cc2nc(NC(=O)CCCC(=O)[O-])sc2cc1C. The summed E-state index contributed by atoms with van der Waals surface area (Å²) >= 11 is 1.42. The van der Waals surface area contributed by atoms with Gasteiger partial charge in [0.2, 0.25) is 5.91 Å². The normalized spacial score (nSPS) is 10.7. The molecule has 0 aliphatic heterocycles. The molecule has 0 saturated carbocycles. The number of benzene rings is 1. The minimum atomic E-state index is -1.14. The van der Waals surface area contributed by atoms with Gasteiger partial charge in [0.05, 0.1) is 10.2 Å². The lowest BCUT2D eigenvalue weighted by Gasteiger charge is -2.02. The Morgan fingerprint density at radius 2 is 1.95 bits per heavy atom. The lowest BCUT2D eigenvalue weighted by atomic mass is 10.1. The van der Waals surface area contributed by atoms with Crippen LogP contribution in [0.2, 0.25) is 0 Å². The van der Waals surface area contributed by atoms with Crippen LogP contribution < -0.4 is 10.4 Å². The number of amides is 1. The lowest BCUT2D eigenvalue weighted by Crippen LogP contribution is -2.22. The van der Waals surface area contributed by atoms with Gasteiger partial charge in [-0.25, -0.2) is 4.98 Å². The molecule has 0 unspecified atom stereocenters. The number of aliphatic carboxylic acids is 1. The number of rotatable bonds is 5. The molecule has 1 amide bonds.